The zero-order chi connectivity index (χ0) is 37.5. The minimum atomic E-state index is -1.57. The Labute approximate surface area is 329 Å². The number of halogens is 2. The van der Waals surface area contributed by atoms with Gasteiger partial charge in [0.05, 0.1) is 29.7 Å². The van der Waals surface area contributed by atoms with E-state index in [1.54, 1.807) is 19.1 Å². The molecule has 0 saturated carbocycles. The van der Waals surface area contributed by atoms with Crippen LogP contribution in [-0.4, -0.2) is 23.7 Å². The first-order valence-electron chi connectivity index (χ1n) is 18.9. The summed E-state index contributed by atoms with van der Waals surface area (Å²) in [5.41, 5.74) is 4.61. The van der Waals surface area contributed by atoms with Crippen LogP contribution in [0.4, 0.5) is 4.39 Å². The van der Waals surface area contributed by atoms with Gasteiger partial charge in [0.15, 0.2) is 0 Å². The first-order chi connectivity index (χ1) is 25.2. The SMILES string of the molecule is CCCC=Cc1c(C(C)C)nc(C(C)C)c(C(=O)OCC)c1-c1ccc(F)cc1.CCCC[P+](c1ccccc1)(c1ccccc1)c1ccccc1.[Br-]. The van der Waals surface area contributed by atoms with Crippen LogP contribution in [0, 0.1) is 5.82 Å². The van der Waals surface area contributed by atoms with Gasteiger partial charge in [-0.1, -0.05) is 133 Å². The van der Waals surface area contributed by atoms with Gasteiger partial charge in [-0.2, -0.15) is 0 Å². The lowest BCUT2D eigenvalue weighted by Gasteiger charge is -2.27. The smallest absolute Gasteiger partial charge is 0.340 e. The van der Waals surface area contributed by atoms with E-state index in [9.17, 15) is 9.18 Å². The number of esters is 1. The highest BCUT2D eigenvalue weighted by Gasteiger charge is 2.44. The Morgan fingerprint density at radius 1 is 0.717 bits per heavy atom. The zero-order valence-corrected chi connectivity index (χ0v) is 35.0. The second-order valence-electron chi connectivity index (χ2n) is 13.7. The minimum absolute atomic E-state index is 0. The molecule has 4 aromatic carbocycles. The van der Waals surface area contributed by atoms with Crippen molar-refractivity contribution in [2.45, 2.75) is 86.0 Å². The lowest BCUT2D eigenvalue weighted by molar-refractivity contribution is -0.0000294. The zero-order valence-electron chi connectivity index (χ0n) is 32.5. The Morgan fingerprint density at radius 3 is 1.62 bits per heavy atom. The van der Waals surface area contributed by atoms with Gasteiger partial charge in [-0.05, 0) is 85.7 Å². The summed E-state index contributed by atoms with van der Waals surface area (Å²) in [6, 6.07) is 39.7. The molecule has 0 radical (unpaired) electrons. The van der Waals surface area contributed by atoms with E-state index in [1.807, 2.05) is 13.8 Å². The maximum absolute atomic E-state index is 13.6. The number of carbonyl (C=O) groups is 1. The predicted octanol–water partition coefficient (Wildman–Crippen LogP) is 8.91. The number of nitrogens with zero attached hydrogens (tertiary/aromatic N) is 1. The number of pyridine rings is 1. The van der Waals surface area contributed by atoms with Gasteiger partial charge in [0, 0.05) is 11.1 Å². The Hall–Kier alpha value is -3.92. The molecule has 3 nitrogen and oxygen atoms in total. The molecule has 0 atom stereocenters. The van der Waals surface area contributed by atoms with Gasteiger partial charge in [0.2, 0.25) is 0 Å². The summed E-state index contributed by atoms with van der Waals surface area (Å²) in [5, 5.41) is 4.47. The first kappa shape index (κ1) is 43.5. The van der Waals surface area contributed by atoms with Gasteiger partial charge in [0.1, 0.15) is 29.0 Å². The number of benzene rings is 4. The summed E-state index contributed by atoms with van der Waals surface area (Å²) in [6.45, 7) is 14.7. The standard InChI is InChI=1S/C25H32FNO2.C22H24P.BrH/c1-7-9-10-11-20-21(18-12-14-19(26)15-13-18)22(25(28)29-8-2)24(17(5)6)27-23(20)16(3)4;1-2-3-19-23(20-13-7-4-8-14-20,21-15-9-5-10-16-21)22-17-11-6-12-18-22;/h10-17H,7-9H2,1-6H3;4-18H,2-3,19H2,1H3;1H/q;+1;/p-1. The number of hydrogen-bond donors (Lipinski definition) is 0. The number of unbranched alkanes of at least 4 members (excludes halogenated alkanes) is 2. The van der Waals surface area contributed by atoms with Crippen LogP contribution in [0.3, 0.4) is 0 Å². The highest BCUT2D eigenvalue weighted by Crippen LogP contribution is 2.55. The van der Waals surface area contributed by atoms with Crippen molar-refractivity contribution < 1.29 is 30.9 Å². The number of ether oxygens (including phenoxy) is 1. The van der Waals surface area contributed by atoms with E-state index >= 15 is 0 Å². The van der Waals surface area contributed by atoms with E-state index in [1.165, 1.54) is 47.0 Å². The molecule has 0 amide bonds. The van der Waals surface area contributed by atoms with Crippen molar-refractivity contribution >= 4 is 35.2 Å². The lowest BCUT2D eigenvalue weighted by Crippen LogP contribution is -3.00. The molecular formula is C47H56BrFNO2P. The van der Waals surface area contributed by atoms with Gasteiger partial charge >= 0.3 is 5.97 Å². The maximum Gasteiger partial charge on any atom is 0.340 e. The molecule has 0 spiro atoms. The maximum atomic E-state index is 13.6. The van der Waals surface area contributed by atoms with Crippen molar-refractivity contribution in [1.29, 1.82) is 0 Å². The fraction of sp³-hybridized carbons (Fsp3) is 0.319. The third-order valence-electron chi connectivity index (χ3n) is 9.18. The molecular weight excluding hydrogens is 740 g/mol. The average molecular weight is 797 g/mol. The molecule has 0 aliphatic rings. The van der Waals surface area contributed by atoms with Gasteiger partial charge in [-0.25, -0.2) is 9.18 Å². The third-order valence-corrected chi connectivity index (χ3v) is 13.7. The first-order valence-corrected chi connectivity index (χ1v) is 20.9. The molecule has 0 N–H and O–H groups in total. The summed E-state index contributed by atoms with van der Waals surface area (Å²) in [5.74, 6) is -0.482. The van der Waals surface area contributed by atoms with Crippen molar-refractivity contribution in [2.24, 2.45) is 0 Å². The second kappa shape index (κ2) is 21.7. The number of carbonyl (C=O) groups excluding carboxylic acids is 1. The van der Waals surface area contributed by atoms with Gasteiger partial charge in [0.25, 0.3) is 0 Å². The highest BCUT2D eigenvalue weighted by molar-refractivity contribution is 7.95. The molecule has 0 bridgehead atoms. The highest BCUT2D eigenvalue weighted by atomic mass is 79.9. The predicted molar refractivity (Wildman–Crippen MR) is 223 cm³/mol. The molecule has 1 heterocycles. The number of allylic oxidation sites excluding steroid dienone is 1. The van der Waals surface area contributed by atoms with E-state index in [4.69, 9.17) is 9.72 Å². The molecule has 0 aliphatic carbocycles. The number of hydrogen-bond acceptors (Lipinski definition) is 3. The fourth-order valence-electron chi connectivity index (χ4n) is 6.63. The summed E-state index contributed by atoms with van der Waals surface area (Å²) >= 11 is 0. The summed E-state index contributed by atoms with van der Waals surface area (Å²) < 4.78 is 19.0. The molecule has 0 saturated heterocycles. The van der Waals surface area contributed by atoms with Crippen molar-refractivity contribution in [3.63, 3.8) is 0 Å². The average Bonchev–Trinajstić information content (AvgIpc) is 3.16. The van der Waals surface area contributed by atoms with E-state index in [-0.39, 0.29) is 47.2 Å². The molecule has 0 unspecified atom stereocenters. The molecule has 0 aliphatic heterocycles. The van der Waals surface area contributed by atoms with Gasteiger partial charge < -0.3 is 21.7 Å². The Balaban J connectivity index is 0.000000286. The van der Waals surface area contributed by atoms with Crippen LogP contribution in [0.2, 0.25) is 0 Å². The normalized spacial score (nSPS) is 11.3. The van der Waals surface area contributed by atoms with Crippen molar-refractivity contribution in [3.8, 4) is 11.1 Å². The Kier molecular flexibility index (Phi) is 17.8. The van der Waals surface area contributed by atoms with Crippen molar-refractivity contribution in [3.05, 3.63) is 150 Å². The molecule has 53 heavy (non-hydrogen) atoms. The quantitative estimate of drug-likeness (QED) is 0.0833. The number of rotatable bonds is 14. The van der Waals surface area contributed by atoms with Gasteiger partial charge in [-0.15, -0.1) is 0 Å². The Bertz CT molecular complexity index is 1760. The van der Waals surface area contributed by atoms with Crippen LogP contribution >= 0.6 is 7.26 Å². The Morgan fingerprint density at radius 2 is 1.21 bits per heavy atom. The van der Waals surface area contributed by atoms with Crippen molar-refractivity contribution in [1.82, 2.24) is 4.98 Å². The molecule has 6 heteroatoms. The van der Waals surface area contributed by atoms with Crippen LogP contribution in [0.1, 0.15) is 113 Å². The van der Waals surface area contributed by atoms with E-state index < -0.39 is 7.26 Å². The second-order valence-corrected chi connectivity index (χ2v) is 17.3. The van der Waals surface area contributed by atoms with E-state index in [0.29, 0.717) is 5.56 Å². The van der Waals surface area contributed by atoms with E-state index in [2.05, 4.69) is 131 Å². The summed E-state index contributed by atoms with van der Waals surface area (Å²) in [7, 11) is -1.57. The lowest BCUT2D eigenvalue weighted by atomic mass is 9.86. The van der Waals surface area contributed by atoms with Crippen LogP contribution in [0.25, 0.3) is 17.2 Å². The molecule has 0 fully saturated rings. The minimum Gasteiger partial charge on any atom is -1.00 e. The van der Waals surface area contributed by atoms with E-state index in [0.717, 1.165) is 40.9 Å². The third kappa shape index (κ3) is 10.8. The van der Waals surface area contributed by atoms with Crippen molar-refractivity contribution in [2.75, 3.05) is 12.8 Å². The largest absolute Gasteiger partial charge is 1.00 e. The number of aromatic nitrogens is 1. The van der Waals surface area contributed by atoms with Crippen LogP contribution in [0.15, 0.2) is 121 Å². The molecule has 1 aromatic heterocycles. The topological polar surface area (TPSA) is 39.2 Å². The molecule has 280 valence electrons. The summed E-state index contributed by atoms with van der Waals surface area (Å²) in [6.07, 6.45) is 9.85. The van der Waals surface area contributed by atoms with Crippen LogP contribution in [-0.2, 0) is 4.74 Å². The summed E-state index contributed by atoms with van der Waals surface area (Å²) in [4.78, 5) is 18.0. The van der Waals surface area contributed by atoms with Crippen LogP contribution < -0.4 is 32.9 Å². The van der Waals surface area contributed by atoms with Gasteiger partial charge in [-0.3, -0.25) is 4.98 Å². The fourth-order valence-corrected chi connectivity index (χ4v) is 11.1. The molecule has 5 rings (SSSR count). The molecule has 5 aromatic rings. The van der Waals surface area contributed by atoms with Crippen LogP contribution in [0.5, 0.6) is 0 Å². The monoisotopic (exact) mass is 795 g/mol.